The Labute approximate surface area is 323 Å². The van der Waals surface area contributed by atoms with Gasteiger partial charge in [0.15, 0.2) is 0 Å². The highest BCUT2D eigenvalue weighted by Crippen LogP contribution is 2.43. The van der Waals surface area contributed by atoms with Crippen LogP contribution in [-0.4, -0.2) is 36.1 Å². The fraction of sp³-hybridized carbons (Fsp3) is 0.375. The molecule has 6 heteroatoms. The lowest BCUT2D eigenvalue weighted by atomic mass is 10.0. The average Bonchev–Trinajstić information content (AvgIpc) is 3.12. The molecule has 0 aliphatic heterocycles. The summed E-state index contributed by atoms with van der Waals surface area (Å²) >= 11 is 0. The molecule has 2 aromatic heterocycles. The lowest BCUT2D eigenvalue weighted by Gasteiger charge is -2.38. The zero-order valence-electron chi connectivity index (χ0n) is 34.2. The summed E-state index contributed by atoms with van der Waals surface area (Å²) in [6.45, 7) is 28.3. The molecule has 274 valence electrons. The molecular weight excluding hydrogens is 689 g/mol. The zero-order chi connectivity index (χ0) is 38.7. The van der Waals surface area contributed by atoms with Crippen molar-refractivity contribution in [1.82, 2.24) is 19.9 Å². The van der Waals surface area contributed by atoms with Crippen molar-refractivity contribution in [3.8, 4) is 22.9 Å². The highest BCUT2D eigenvalue weighted by atomic mass is 28.3. The molecule has 54 heavy (non-hydrogen) atoms. The number of hydrogen-bond donors (Lipinski definition) is 0. The van der Waals surface area contributed by atoms with Gasteiger partial charge in [-0.05, 0) is 79.7 Å². The van der Waals surface area contributed by atoms with Crippen LogP contribution in [0.4, 0.5) is 0 Å². The summed E-state index contributed by atoms with van der Waals surface area (Å²) in [5, 5.41) is 4.61. The first kappa shape index (κ1) is 37.7. The molecule has 0 spiro atoms. The molecule has 0 saturated carbocycles. The third kappa shape index (κ3) is 5.99. The number of nitrogens with zero attached hydrogens (tertiary/aromatic N) is 4. The van der Waals surface area contributed by atoms with Crippen LogP contribution in [0.3, 0.4) is 0 Å². The maximum absolute atomic E-state index is 5.61. The van der Waals surface area contributed by atoms with Crippen molar-refractivity contribution in [3.05, 3.63) is 83.9 Å². The molecule has 0 atom stereocenters. The largest absolute Gasteiger partial charge is 0.243 e. The van der Waals surface area contributed by atoms with E-state index in [1.807, 2.05) is 24.3 Å². The second-order valence-electron chi connectivity index (χ2n) is 17.2. The molecule has 2 heterocycles. The Bertz CT molecular complexity index is 2680. The topological polar surface area (TPSA) is 51.6 Å². The molecule has 0 saturated heterocycles. The maximum Gasteiger partial charge on any atom is 0.146 e. The summed E-state index contributed by atoms with van der Waals surface area (Å²) in [6.07, 6.45) is 0. The van der Waals surface area contributed by atoms with E-state index in [9.17, 15) is 0 Å². The number of benzene rings is 5. The van der Waals surface area contributed by atoms with Gasteiger partial charge in [-0.1, -0.05) is 137 Å². The molecule has 0 bridgehead atoms. The number of fused-ring (bicyclic) bond motifs is 7. The lowest BCUT2D eigenvalue weighted by Crippen LogP contribution is -2.43. The number of aromatic nitrogens is 4. The predicted octanol–water partition coefficient (Wildman–Crippen LogP) is 13.3. The number of rotatable bonds is 6. The van der Waals surface area contributed by atoms with Gasteiger partial charge < -0.3 is 0 Å². The van der Waals surface area contributed by atoms with Crippen LogP contribution < -0.4 is 0 Å². The van der Waals surface area contributed by atoms with Crippen molar-refractivity contribution in [3.63, 3.8) is 0 Å². The summed E-state index contributed by atoms with van der Waals surface area (Å²) in [7, 11) is -4.26. The molecule has 7 aromatic rings. The average molecular weight is 743 g/mol. The summed E-state index contributed by atoms with van der Waals surface area (Å²) in [5.41, 5.74) is 19.0. The smallest absolute Gasteiger partial charge is 0.146 e. The van der Waals surface area contributed by atoms with Crippen LogP contribution in [0.2, 0.25) is 33.2 Å². The normalized spacial score (nSPS) is 12.8. The van der Waals surface area contributed by atoms with Crippen LogP contribution in [0.25, 0.3) is 65.7 Å². The van der Waals surface area contributed by atoms with E-state index < -0.39 is 16.1 Å². The van der Waals surface area contributed by atoms with Crippen molar-refractivity contribution in [1.29, 1.82) is 0 Å². The van der Waals surface area contributed by atoms with Gasteiger partial charge in [-0.25, -0.2) is 19.9 Å². The Morgan fingerprint density at radius 3 is 1.22 bits per heavy atom. The van der Waals surface area contributed by atoms with Gasteiger partial charge >= 0.3 is 0 Å². The Morgan fingerprint density at radius 1 is 0.389 bits per heavy atom. The van der Waals surface area contributed by atoms with Gasteiger partial charge in [-0.3, -0.25) is 0 Å². The van der Waals surface area contributed by atoms with E-state index in [4.69, 9.17) is 19.9 Å². The number of hydrogen-bond acceptors (Lipinski definition) is 4. The van der Waals surface area contributed by atoms with Gasteiger partial charge in [0.05, 0.1) is 33.2 Å². The fourth-order valence-corrected chi connectivity index (χ4v) is 20.3. The van der Waals surface area contributed by atoms with Gasteiger partial charge in [-0.2, -0.15) is 0 Å². The van der Waals surface area contributed by atoms with Crippen LogP contribution >= 0.6 is 0 Å². The maximum atomic E-state index is 5.61. The second-order valence-corrected chi connectivity index (χ2v) is 28.4. The minimum atomic E-state index is -2.14. The molecule has 0 aliphatic carbocycles. The molecular formula is C48H54N4Si2. The predicted molar refractivity (Wildman–Crippen MR) is 239 cm³/mol. The van der Waals surface area contributed by atoms with E-state index in [2.05, 4.69) is 155 Å². The van der Waals surface area contributed by atoms with E-state index >= 15 is 0 Å². The number of para-hydroxylation sites is 2. The molecule has 5 aromatic carbocycles. The summed E-state index contributed by atoms with van der Waals surface area (Å²) in [4.78, 5) is 21.9. The van der Waals surface area contributed by atoms with E-state index in [0.717, 1.165) is 66.0 Å². The minimum Gasteiger partial charge on any atom is -0.243 e. The summed E-state index contributed by atoms with van der Waals surface area (Å²) < 4.78 is 0. The molecule has 0 fully saturated rings. The Kier molecular flexibility index (Phi) is 9.92. The highest BCUT2D eigenvalue weighted by molar-refractivity contribution is 6.91. The van der Waals surface area contributed by atoms with Crippen molar-refractivity contribution in [2.75, 3.05) is 0 Å². The van der Waals surface area contributed by atoms with Crippen molar-refractivity contribution >= 4 is 81.8 Å². The van der Waals surface area contributed by atoms with Gasteiger partial charge in [0.1, 0.15) is 38.2 Å². The second kappa shape index (κ2) is 14.2. The molecule has 0 amide bonds. The highest BCUT2D eigenvalue weighted by Gasteiger charge is 2.43. The molecule has 0 unspecified atom stereocenters. The molecule has 0 aliphatic rings. The van der Waals surface area contributed by atoms with Crippen LogP contribution in [0.1, 0.15) is 94.2 Å². The Hall–Kier alpha value is -4.63. The summed E-state index contributed by atoms with van der Waals surface area (Å²) in [5.74, 6) is 7.67. The third-order valence-electron chi connectivity index (χ3n) is 12.6. The first-order valence-corrected chi connectivity index (χ1v) is 24.4. The van der Waals surface area contributed by atoms with E-state index in [1.54, 1.807) is 0 Å². The Morgan fingerprint density at radius 2 is 0.778 bits per heavy atom. The summed E-state index contributed by atoms with van der Waals surface area (Å²) in [6, 6.07) is 25.5. The lowest BCUT2D eigenvalue weighted by molar-refractivity contribution is 0.838. The van der Waals surface area contributed by atoms with Gasteiger partial charge in [0, 0.05) is 5.39 Å². The third-order valence-corrected chi connectivity index (χ3v) is 25.2. The standard InChI is InChI=1S/C48H54N4Si2/c1-29(2)53(30(3)4,31(5)6)25-23-38-45-46(50-42-20-16-15-19-41(42)49-45)39(24-26-54(32(7)8,33(9)10)34(11)12)48-47(38)51-43-22-21-37-27-35-17-13-14-18-36(35)28-40(37)44(43)52-48/h13-22,27-34H,1-12H3. The van der Waals surface area contributed by atoms with Gasteiger partial charge in [-0.15, -0.1) is 11.1 Å². The monoisotopic (exact) mass is 742 g/mol. The van der Waals surface area contributed by atoms with Crippen LogP contribution in [-0.2, 0) is 0 Å². The van der Waals surface area contributed by atoms with Gasteiger partial charge in [0.2, 0.25) is 0 Å². The van der Waals surface area contributed by atoms with Crippen LogP contribution in [0, 0.1) is 22.9 Å². The molecule has 7 rings (SSSR count). The van der Waals surface area contributed by atoms with E-state index in [1.165, 1.54) is 10.8 Å². The fourth-order valence-electron chi connectivity index (χ4n) is 9.90. The van der Waals surface area contributed by atoms with Crippen LogP contribution in [0.15, 0.2) is 72.8 Å². The van der Waals surface area contributed by atoms with Gasteiger partial charge in [0.25, 0.3) is 0 Å². The van der Waals surface area contributed by atoms with E-state index in [-0.39, 0.29) is 0 Å². The Balaban J connectivity index is 1.71. The van der Waals surface area contributed by atoms with Crippen LogP contribution in [0.5, 0.6) is 0 Å². The minimum absolute atomic E-state index is 0.477. The zero-order valence-corrected chi connectivity index (χ0v) is 36.2. The van der Waals surface area contributed by atoms with Crippen molar-refractivity contribution < 1.29 is 0 Å². The molecule has 0 N–H and O–H groups in total. The van der Waals surface area contributed by atoms with Crippen molar-refractivity contribution in [2.24, 2.45) is 0 Å². The molecule has 0 radical (unpaired) electrons. The first-order valence-electron chi connectivity index (χ1n) is 19.9. The molecule has 4 nitrogen and oxygen atoms in total. The van der Waals surface area contributed by atoms with E-state index in [0.29, 0.717) is 33.2 Å². The first-order chi connectivity index (χ1) is 25.7. The van der Waals surface area contributed by atoms with Crippen molar-refractivity contribution in [2.45, 2.75) is 116 Å². The quantitative estimate of drug-likeness (QED) is 0.0737. The SMILES string of the molecule is CC(C)[Si](C#Cc1c2nc3ccccc3nc2c(C#C[Si](C(C)C)(C(C)C)C(C)C)c2nc3c(ccc4cc5ccccc5cc43)nc12)(C(C)C)C(C)C.